The molecule has 3 nitrogen and oxygen atoms in total. The maximum absolute atomic E-state index is 12.6. The third-order valence-electron chi connectivity index (χ3n) is 3.50. The number of hydrogen-bond donors (Lipinski definition) is 2. The first-order valence-electron chi connectivity index (χ1n) is 6.45. The van der Waals surface area contributed by atoms with Gasteiger partial charge in [0.1, 0.15) is 6.04 Å². The second-order valence-electron chi connectivity index (χ2n) is 5.16. The average molecular weight is 287 g/mol. The molecule has 1 aromatic carbocycles. The molecule has 20 heavy (non-hydrogen) atoms. The first-order chi connectivity index (χ1) is 9.29. The molecule has 1 aromatic rings. The molecule has 0 aliphatic heterocycles. The zero-order valence-electron chi connectivity index (χ0n) is 10.9. The van der Waals surface area contributed by atoms with Crippen molar-refractivity contribution in [1.82, 2.24) is 5.32 Å². The van der Waals surface area contributed by atoms with E-state index >= 15 is 0 Å². The molecule has 1 aliphatic rings. The Kier molecular flexibility index (Phi) is 4.04. The molecular formula is C14H16F3NO2. The van der Waals surface area contributed by atoms with E-state index in [4.69, 9.17) is 5.11 Å². The molecule has 0 bridgehead atoms. The lowest BCUT2D eigenvalue weighted by Crippen LogP contribution is -2.40. The van der Waals surface area contributed by atoms with Crippen molar-refractivity contribution in [2.24, 2.45) is 5.92 Å². The zero-order valence-corrected chi connectivity index (χ0v) is 10.9. The van der Waals surface area contributed by atoms with E-state index in [1.165, 1.54) is 6.07 Å². The fraction of sp³-hybridized carbons (Fsp3) is 0.500. The van der Waals surface area contributed by atoms with Crippen LogP contribution in [0.25, 0.3) is 0 Å². The standard InChI is InChI=1S/C14H16F3NO2/c1-8(18-12(13(19)20)9-5-6-9)10-3-2-4-11(7-10)14(15,16)17/h2-4,7-9,12,18H,5-6H2,1H3,(H,19,20). The van der Waals surface area contributed by atoms with Crippen LogP contribution in [0.4, 0.5) is 13.2 Å². The van der Waals surface area contributed by atoms with Gasteiger partial charge in [0.05, 0.1) is 5.56 Å². The van der Waals surface area contributed by atoms with Gasteiger partial charge in [0.2, 0.25) is 0 Å². The van der Waals surface area contributed by atoms with E-state index in [-0.39, 0.29) is 5.92 Å². The van der Waals surface area contributed by atoms with Crippen LogP contribution in [0.3, 0.4) is 0 Å². The number of aliphatic carboxylic acids is 1. The lowest BCUT2D eigenvalue weighted by atomic mass is 10.0. The topological polar surface area (TPSA) is 49.3 Å². The van der Waals surface area contributed by atoms with E-state index in [9.17, 15) is 18.0 Å². The maximum atomic E-state index is 12.6. The normalized spacial score (nSPS) is 18.6. The Labute approximate surface area is 114 Å². The number of hydrogen-bond acceptors (Lipinski definition) is 2. The third kappa shape index (κ3) is 3.50. The number of alkyl halides is 3. The van der Waals surface area contributed by atoms with E-state index in [1.807, 2.05) is 0 Å². The van der Waals surface area contributed by atoms with E-state index in [2.05, 4.69) is 5.32 Å². The van der Waals surface area contributed by atoms with Gasteiger partial charge in [-0.1, -0.05) is 12.1 Å². The van der Waals surface area contributed by atoms with E-state index in [0.717, 1.165) is 25.0 Å². The average Bonchev–Trinajstić information content (AvgIpc) is 3.18. The summed E-state index contributed by atoms with van der Waals surface area (Å²) in [4.78, 5) is 11.1. The first kappa shape index (κ1) is 14.8. The Morgan fingerprint density at radius 3 is 2.55 bits per heavy atom. The smallest absolute Gasteiger partial charge is 0.416 e. The number of carboxylic acid groups (broad SMARTS) is 1. The second kappa shape index (κ2) is 5.44. The third-order valence-corrected chi connectivity index (χ3v) is 3.50. The summed E-state index contributed by atoms with van der Waals surface area (Å²) in [6.07, 6.45) is -2.70. The highest BCUT2D eigenvalue weighted by molar-refractivity contribution is 5.74. The lowest BCUT2D eigenvalue weighted by molar-refractivity contribution is -0.140. The van der Waals surface area contributed by atoms with Gasteiger partial charge in [0, 0.05) is 6.04 Å². The molecule has 6 heteroatoms. The predicted octanol–water partition coefficient (Wildman–Crippen LogP) is 3.22. The van der Waals surface area contributed by atoms with Crippen molar-refractivity contribution in [3.05, 3.63) is 35.4 Å². The number of benzene rings is 1. The number of rotatable bonds is 5. The summed E-state index contributed by atoms with van der Waals surface area (Å²) in [7, 11) is 0. The van der Waals surface area contributed by atoms with Gasteiger partial charge in [-0.15, -0.1) is 0 Å². The van der Waals surface area contributed by atoms with Gasteiger partial charge in [-0.2, -0.15) is 13.2 Å². The Morgan fingerprint density at radius 2 is 2.05 bits per heavy atom. The van der Waals surface area contributed by atoms with Gasteiger partial charge >= 0.3 is 12.1 Å². The Bertz CT molecular complexity index is 497. The van der Waals surface area contributed by atoms with E-state index < -0.39 is 29.8 Å². The molecule has 2 atom stereocenters. The summed E-state index contributed by atoms with van der Waals surface area (Å²) in [6.45, 7) is 1.67. The Hall–Kier alpha value is -1.56. The molecule has 1 aliphatic carbocycles. The quantitative estimate of drug-likeness (QED) is 0.874. The van der Waals surface area contributed by atoms with E-state index in [1.54, 1.807) is 13.0 Å². The number of carbonyl (C=O) groups is 1. The van der Waals surface area contributed by atoms with Crippen molar-refractivity contribution < 1.29 is 23.1 Å². The van der Waals surface area contributed by atoms with E-state index in [0.29, 0.717) is 5.56 Å². The SMILES string of the molecule is CC(NC(C(=O)O)C1CC1)c1cccc(C(F)(F)F)c1. The summed E-state index contributed by atoms with van der Waals surface area (Å²) in [5, 5.41) is 12.0. The summed E-state index contributed by atoms with van der Waals surface area (Å²) in [6, 6.07) is 3.83. The fourth-order valence-corrected chi connectivity index (χ4v) is 2.19. The minimum atomic E-state index is -4.39. The van der Waals surface area contributed by atoms with Gasteiger partial charge in [-0.3, -0.25) is 10.1 Å². The molecule has 0 saturated heterocycles. The molecule has 2 rings (SSSR count). The minimum absolute atomic E-state index is 0.0840. The number of halogens is 3. The molecule has 2 N–H and O–H groups in total. The van der Waals surface area contributed by atoms with Crippen molar-refractivity contribution in [3.63, 3.8) is 0 Å². The van der Waals surface area contributed by atoms with Crippen LogP contribution in [-0.2, 0) is 11.0 Å². The Morgan fingerprint density at radius 1 is 1.40 bits per heavy atom. The summed E-state index contributed by atoms with van der Waals surface area (Å²) in [5.41, 5.74) is -0.284. The van der Waals surface area contributed by atoms with Crippen molar-refractivity contribution >= 4 is 5.97 Å². The molecule has 0 radical (unpaired) electrons. The fourth-order valence-electron chi connectivity index (χ4n) is 2.19. The van der Waals surface area contributed by atoms with Gasteiger partial charge in [-0.05, 0) is 43.4 Å². The molecular weight excluding hydrogens is 271 g/mol. The lowest BCUT2D eigenvalue weighted by Gasteiger charge is -2.21. The van der Waals surface area contributed by atoms with Crippen LogP contribution in [0.15, 0.2) is 24.3 Å². The molecule has 0 amide bonds. The van der Waals surface area contributed by atoms with Crippen LogP contribution < -0.4 is 5.32 Å². The van der Waals surface area contributed by atoms with Crippen LogP contribution >= 0.6 is 0 Å². The minimum Gasteiger partial charge on any atom is -0.480 e. The highest BCUT2D eigenvalue weighted by Crippen LogP contribution is 2.34. The van der Waals surface area contributed by atoms with Gasteiger partial charge < -0.3 is 5.11 Å². The molecule has 110 valence electrons. The molecule has 0 aromatic heterocycles. The second-order valence-corrected chi connectivity index (χ2v) is 5.16. The number of carboxylic acids is 1. The van der Waals surface area contributed by atoms with Crippen molar-refractivity contribution in [2.75, 3.05) is 0 Å². The molecule has 1 fully saturated rings. The van der Waals surface area contributed by atoms with Gasteiger partial charge in [-0.25, -0.2) is 0 Å². The Balaban J connectivity index is 2.12. The number of nitrogens with one attached hydrogen (secondary N) is 1. The summed E-state index contributed by atoms with van der Waals surface area (Å²) >= 11 is 0. The maximum Gasteiger partial charge on any atom is 0.416 e. The van der Waals surface area contributed by atoms with Crippen LogP contribution in [-0.4, -0.2) is 17.1 Å². The highest BCUT2D eigenvalue weighted by atomic mass is 19.4. The van der Waals surface area contributed by atoms with Crippen LogP contribution in [0.1, 0.15) is 36.9 Å². The first-order valence-corrected chi connectivity index (χ1v) is 6.45. The molecule has 2 unspecified atom stereocenters. The van der Waals surface area contributed by atoms with Crippen LogP contribution in [0, 0.1) is 5.92 Å². The van der Waals surface area contributed by atoms with Crippen molar-refractivity contribution in [3.8, 4) is 0 Å². The molecule has 0 spiro atoms. The highest BCUT2D eigenvalue weighted by Gasteiger charge is 2.37. The van der Waals surface area contributed by atoms with Crippen molar-refractivity contribution in [2.45, 2.75) is 38.0 Å². The van der Waals surface area contributed by atoms with Crippen LogP contribution in [0.2, 0.25) is 0 Å². The molecule has 1 saturated carbocycles. The van der Waals surface area contributed by atoms with Gasteiger partial charge in [0.25, 0.3) is 0 Å². The van der Waals surface area contributed by atoms with Gasteiger partial charge in [0.15, 0.2) is 0 Å². The van der Waals surface area contributed by atoms with Crippen LogP contribution in [0.5, 0.6) is 0 Å². The molecule has 0 heterocycles. The zero-order chi connectivity index (χ0) is 14.9. The monoisotopic (exact) mass is 287 g/mol. The predicted molar refractivity (Wildman–Crippen MR) is 67.1 cm³/mol. The largest absolute Gasteiger partial charge is 0.480 e. The summed E-state index contributed by atoms with van der Waals surface area (Å²) in [5.74, 6) is -0.868. The summed E-state index contributed by atoms with van der Waals surface area (Å²) < 4.78 is 37.9. The van der Waals surface area contributed by atoms with Crippen molar-refractivity contribution in [1.29, 1.82) is 0 Å².